The van der Waals surface area contributed by atoms with Crippen molar-refractivity contribution in [3.05, 3.63) is 71.6 Å². The van der Waals surface area contributed by atoms with Crippen LogP contribution in [0, 0.1) is 6.92 Å². The maximum absolute atomic E-state index is 11.7. The van der Waals surface area contributed by atoms with Crippen LogP contribution < -0.4 is 16.5 Å². The number of nitrogens with zero attached hydrogens (tertiary/aromatic N) is 2. The Morgan fingerprint density at radius 1 is 1.17 bits per heavy atom. The van der Waals surface area contributed by atoms with Crippen molar-refractivity contribution < 1.29 is 19.3 Å². The highest BCUT2D eigenvalue weighted by molar-refractivity contribution is 6.60. The molecule has 0 saturated heterocycles. The van der Waals surface area contributed by atoms with Crippen molar-refractivity contribution in [1.82, 2.24) is 9.97 Å². The van der Waals surface area contributed by atoms with E-state index in [1.807, 2.05) is 30.3 Å². The molecule has 8 nitrogen and oxygen atoms in total. The molecule has 0 aliphatic heterocycles. The normalized spacial score (nSPS) is 10.9. The zero-order valence-electron chi connectivity index (χ0n) is 16.2. The van der Waals surface area contributed by atoms with Gasteiger partial charge in [-0.3, -0.25) is 4.79 Å². The van der Waals surface area contributed by atoms with E-state index in [-0.39, 0.29) is 11.0 Å². The number of amides is 1. The quantitative estimate of drug-likeness (QED) is 0.360. The van der Waals surface area contributed by atoms with Gasteiger partial charge in [-0.15, -0.1) is 0 Å². The van der Waals surface area contributed by atoms with E-state index in [0.29, 0.717) is 40.5 Å². The lowest BCUT2D eigenvalue weighted by Crippen LogP contribution is -2.34. The van der Waals surface area contributed by atoms with Crippen LogP contribution in [0.4, 0.5) is 5.82 Å². The molecule has 4 aromatic rings. The molecule has 30 heavy (non-hydrogen) atoms. The summed E-state index contributed by atoms with van der Waals surface area (Å²) in [5.74, 6) is 0.544. The number of carbonyl (C=O) groups is 1. The van der Waals surface area contributed by atoms with Gasteiger partial charge in [0.05, 0.1) is 11.1 Å². The number of anilines is 1. The number of primary amides is 1. The number of rotatable bonds is 6. The summed E-state index contributed by atoms with van der Waals surface area (Å²) in [4.78, 5) is 20.5. The Kier molecular flexibility index (Phi) is 5.22. The van der Waals surface area contributed by atoms with Crippen molar-refractivity contribution in [1.29, 1.82) is 0 Å². The summed E-state index contributed by atoms with van der Waals surface area (Å²) in [6.07, 6.45) is 1.36. The van der Waals surface area contributed by atoms with E-state index in [4.69, 9.17) is 10.2 Å². The van der Waals surface area contributed by atoms with Crippen molar-refractivity contribution in [3.63, 3.8) is 0 Å². The van der Waals surface area contributed by atoms with Gasteiger partial charge in [-0.25, -0.2) is 9.97 Å². The largest absolute Gasteiger partial charge is 0.493 e. The van der Waals surface area contributed by atoms with Crippen LogP contribution in [0.15, 0.2) is 59.1 Å². The number of benzene rings is 2. The van der Waals surface area contributed by atoms with Gasteiger partial charge in [0.25, 0.3) is 5.91 Å². The molecule has 2 aromatic heterocycles. The van der Waals surface area contributed by atoms with Crippen molar-refractivity contribution in [3.8, 4) is 11.4 Å². The van der Waals surface area contributed by atoms with Crippen LogP contribution in [0.3, 0.4) is 0 Å². The smallest absolute Gasteiger partial charge is 0.460 e. The molecule has 2 heterocycles. The molecule has 0 aliphatic rings. The van der Waals surface area contributed by atoms with E-state index < -0.39 is 13.0 Å². The highest BCUT2D eigenvalue weighted by Crippen LogP contribution is 2.34. The Morgan fingerprint density at radius 2 is 1.93 bits per heavy atom. The molecule has 0 saturated carbocycles. The average Bonchev–Trinajstić information content (AvgIpc) is 3.08. The third-order valence-electron chi connectivity index (χ3n) is 4.78. The highest BCUT2D eigenvalue weighted by atomic mass is 16.4. The number of para-hydroxylation sites is 1. The number of aryl methyl sites for hydroxylation is 1. The topological polar surface area (TPSA) is 134 Å². The summed E-state index contributed by atoms with van der Waals surface area (Å²) in [7, 11) is -1.74. The number of hydrogen-bond acceptors (Lipinski definition) is 7. The number of furan rings is 1. The molecular weight excluding hydrogens is 383 g/mol. The van der Waals surface area contributed by atoms with Crippen LogP contribution in [0.1, 0.15) is 21.7 Å². The van der Waals surface area contributed by atoms with Crippen LogP contribution in [0.2, 0.25) is 0 Å². The Morgan fingerprint density at radius 3 is 2.63 bits per heavy atom. The Bertz CT molecular complexity index is 1220. The predicted molar refractivity (Wildman–Crippen MR) is 114 cm³/mol. The SMILES string of the molecule is Cc1oc2c(C(N)=O)cccc2c1-c1ncc(B(O)O)c(NCc2ccccc2)n1. The third-order valence-corrected chi connectivity index (χ3v) is 4.78. The fraction of sp³-hybridized carbons (Fsp3) is 0.0952. The predicted octanol–water partition coefficient (Wildman–Crippen LogP) is 1.59. The van der Waals surface area contributed by atoms with E-state index >= 15 is 0 Å². The minimum absolute atomic E-state index is 0.151. The summed E-state index contributed by atoms with van der Waals surface area (Å²) < 4.78 is 5.79. The molecule has 4 rings (SSSR count). The van der Waals surface area contributed by atoms with Crippen LogP contribution in [0.5, 0.6) is 0 Å². The van der Waals surface area contributed by atoms with Crippen molar-refractivity contribution in [2.75, 3.05) is 5.32 Å². The van der Waals surface area contributed by atoms with Crippen LogP contribution in [-0.4, -0.2) is 33.0 Å². The minimum atomic E-state index is -1.74. The number of hydrogen-bond donors (Lipinski definition) is 4. The van der Waals surface area contributed by atoms with E-state index in [1.165, 1.54) is 6.20 Å². The van der Waals surface area contributed by atoms with Gasteiger partial charge >= 0.3 is 7.12 Å². The minimum Gasteiger partial charge on any atom is -0.460 e. The lowest BCUT2D eigenvalue weighted by atomic mass is 9.81. The summed E-state index contributed by atoms with van der Waals surface area (Å²) >= 11 is 0. The number of carbonyl (C=O) groups excluding carboxylic acids is 1. The molecule has 150 valence electrons. The molecule has 0 unspecified atom stereocenters. The maximum Gasteiger partial charge on any atom is 0.493 e. The third kappa shape index (κ3) is 3.63. The average molecular weight is 402 g/mol. The molecule has 0 aliphatic carbocycles. The number of fused-ring (bicyclic) bond motifs is 1. The number of aromatic nitrogens is 2. The lowest BCUT2D eigenvalue weighted by molar-refractivity contribution is 0.100. The fourth-order valence-corrected chi connectivity index (χ4v) is 3.33. The van der Waals surface area contributed by atoms with Crippen molar-refractivity contribution in [2.24, 2.45) is 5.73 Å². The fourth-order valence-electron chi connectivity index (χ4n) is 3.33. The monoisotopic (exact) mass is 402 g/mol. The second-order valence-corrected chi connectivity index (χ2v) is 6.79. The molecule has 0 atom stereocenters. The first-order valence-corrected chi connectivity index (χ1v) is 9.29. The molecule has 5 N–H and O–H groups in total. The van der Waals surface area contributed by atoms with Crippen LogP contribution in [0.25, 0.3) is 22.4 Å². The molecule has 2 aromatic carbocycles. The van der Waals surface area contributed by atoms with Gasteiger partial charge in [0, 0.05) is 23.6 Å². The van der Waals surface area contributed by atoms with Gasteiger partial charge in [0.15, 0.2) is 5.82 Å². The van der Waals surface area contributed by atoms with E-state index in [0.717, 1.165) is 5.56 Å². The second-order valence-electron chi connectivity index (χ2n) is 6.79. The molecule has 0 spiro atoms. The molecule has 0 fully saturated rings. The van der Waals surface area contributed by atoms with E-state index in [1.54, 1.807) is 25.1 Å². The Balaban J connectivity index is 1.79. The Labute approximate surface area is 172 Å². The molecule has 0 radical (unpaired) electrons. The lowest BCUT2D eigenvalue weighted by Gasteiger charge is -2.12. The summed E-state index contributed by atoms with van der Waals surface area (Å²) in [5, 5.41) is 23.2. The van der Waals surface area contributed by atoms with Crippen molar-refractivity contribution >= 4 is 35.3 Å². The Hall–Kier alpha value is -3.69. The van der Waals surface area contributed by atoms with Gasteiger partial charge in [-0.1, -0.05) is 42.5 Å². The maximum atomic E-state index is 11.7. The van der Waals surface area contributed by atoms with E-state index in [2.05, 4.69) is 15.3 Å². The number of nitrogens with one attached hydrogen (secondary N) is 1. The van der Waals surface area contributed by atoms with Gasteiger partial charge in [-0.2, -0.15) is 0 Å². The van der Waals surface area contributed by atoms with Crippen LogP contribution in [-0.2, 0) is 6.54 Å². The van der Waals surface area contributed by atoms with Gasteiger partial charge < -0.3 is 25.5 Å². The van der Waals surface area contributed by atoms with Gasteiger partial charge in [0.1, 0.15) is 17.2 Å². The molecule has 1 amide bonds. The van der Waals surface area contributed by atoms with Crippen LogP contribution >= 0.6 is 0 Å². The van der Waals surface area contributed by atoms with Crippen molar-refractivity contribution in [2.45, 2.75) is 13.5 Å². The summed E-state index contributed by atoms with van der Waals surface area (Å²) in [6, 6.07) is 14.7. The molecule has 0 bridgehead atoms. The highest BCUT2D eigenvalue weighted by Gasteiger charge is 2.23. The van der Waals surface area contributed by atoms with Gasteiger partial charge in [-0.05, 0) is 18.6 Å². The summed E-state index contributed by atoms with van der Waals surface area (Å²) in [5.41, 5.74) is 7.85. The standard InChI is InChI=1S/C21H19BN4O4/c1-12-17(14-8-5-9-15(19(23)27)18(14)30-12)21-25-11-16(22(28)29)20(26-21)24-10-13-6-3-2-4-7-13/h2-9,11,28-29H,10H2,1H3,(H2,23,27)(H,24,25,26). The van der Waals surface area contributed by atoms with Gasteiger partial charge in [0.2, 0.25) is 0 Å². The summed E-state index contributed by atoms with van der Waals surface area (Å²) in [6.45, 7) is 2.18. The first kappa shape index (κ1) is 19.6. The zero-order chi connectivity index (χ0) is 21.3. The molecule has 9 heteroatoms. The number of nitrogens with two attached hydrogens (primary N) is 1. The molecular formula is C21H19BN4O4. The van der Waals surface area contributed by atoms with E-state index in [9.17, 15) is 14.8 Å². The zero-order valence-corrected chi connectivity index (χ0v) is 16.2. The second kappa shape index (κ2) is 7.98. The first-order valence-electron chi connectivity index (χ1n) is 9.29. The first-order chi connectivity index (χ1) is 14.5.